The number of ether oxygens (including phenoxy) is 4. The number of methoxy groups -OCH3 is 1. The predicted molar refractivity (Wildman–Crippen MR) is 129 cm³/mol. The number of esters is 1. The molecule has 0 aromatic heterocycles. The summed E-state index contributed by atoms with van der Waals surface area (Å²) < 4.78 is 19.9. The maximum atomic E-state index is 13.3. The molecule has 1 N–H and O–H groups in total. The van der Waals surface area contributed by atoms with Crippen molar-refractivity contribution in [3.8, 4) is 0 Å². The van der Waals surface area contributed by atoms with Gasteiger partial charge in [-0.2, -0.15) is 0 Å². The fraction of sp³-hybridized carbons (Fsp3) is 0.625. The molecule has 1 aromatic rings. The number of likely N-dealkylation sites (N-methyl/N-ethyl adjacent to an activating group) is 1. The van der Waals surface area contributed by atoms with Gasteiger partial charge in [-0.1, -0.05) is 30.3 Å². The van der Waals surface area contributed by atoms with Crippen LogP contribution in [0.1, 0.15) is 32.8 Å². The van der Waals surface area contributed by atoms with Crippen LogP contribution < -0.4 is 5.32 Å². The van der Waals surface area contributed by atoms with E-state index in [0.29, 0.717) is 19.5 Å². The van der Waals surface area contributed by atoms with E-state index in [2.05, 4.69) is 10.2 Å². The number of nitrogens with one attached hydrogen (secondary N) is 1. The van der Waals surface area contributed by atoms with Crippen LogP contribution in [0.5, 0.6) is 0 Å². The third kappa shape index (κ3) is 8.57. The molecule has 4 atom stereocenters. The summed E-state index contributed by atoms with van der Waals surface area (Å²) in [4.78, 5) is 54.1. The van der Waals surface area contributed by atoms with Gasteiger partial charge in [-0.05, 0) is 31.7 Å². The topological polar surface area (TPSA) is 156 Å². The second kappa shape index (κ2) is 14.3. The zero-order valence-electron chi connectivity index (χ0n) is 21.5. The van der Waals surface area contributed by atoms with Gasteiger partial charge in [0.25, 0.3) is 5.09 Å². The van der Waals surface area contributed by atoms with Crippen LogP contribution in [0, 0.1) is 16.0 Å². The van der Waals surface area contributed by atoms with Crippen molar-refractivity contribution in [3.05, 3.63) is 46.0 Å². The van der Waals surface area contributed by atoms with E-state index < -0.39 is 41.6 Å². The molecule has 1 aliphatic carbocycles. The summed E-state index contributed by atoms with van der Waals surface area (Å²) in [5.74, 6) is -0.918. The van der Waals surface area contributed by atoms with E-state index in [9.17, 15) is 24.5 Å². The standard InChI is InChI=1S/C24H35N3O10/c1-5-26(6-2)22(29)24(18-10-8-7-9-11-18)12-19(24)13-25-23(30)36-17(3)35-21(28)16-34-15-20(14-33-4)37-27(31)32/h7-11,17,19-20H,5-6,12-16H2,1-4H3,(H,25,30)/t17?,19-,20?,24+/m1/s1. The molecule has 13 nitrogen and oxygen atoms in total. The molecule has 2 rings (SSSR count). The van der Waals surface area contributed by atoms with E-state index in [1.807, 2.05) is 44.2 Å². The number of nitrogens with zero attached hydrogens (tertiary/aromatic N) is 2. The monoisotopic (exact) mass is 525 g/mol. The third-order valence-corrected chi connectivity index (χ3v) is 6.00. The summed E-state index contributed by atoms with van der Waals surface area (Å²) in [6, 6.07) is 9.50. The Bertz CT molecular complexity index is 911. The van der Waals surface area contributed by atoms with Crippen LogP contribution >= 0.6 is 0 Å². The van der Waals surface area contributed by atoms with Crippen molar-refractivity contribution in [1.82, 2.24) is 10.2 Å². The molecule has 2 amide bonds. The first-order valence-corrected chi connectivity index (χ1v) is 12.0. The van der Waals surface area contributed by atoms with Gasteiger partial charge in [0, 0.05) is 33.7 Å². The first kappa shape index (κ1) is 29.8. The molecule has 206 valence electrons. The highest BCUT2D eigenvalue weighted by Gasteiger charge is 2.61. The van der Waals surface area contributed by atoms with Crippen molar-refractivity contribution in [2.45, 2.75) is 45.0 Å². The Hall–Kier alpha value is -3.45. The Morgan fingerprint density at radius 1 is 1.16 bits per heavy atom. The van der Waals surface area contributed by atoms with Crippen LogP contribution in [0.25, 0.3) is 0 Å². The Morgan fingerprint density at radius 3 is 2.43 bits per heavy atom. The van der Waals surface area contributed by atoms with Crippen molar-refractivity contribution in [2.75, 3.05) is 46.6 Å². The fourth-order valence-corrected chi connectivity index (χ4v) is 4.18. The van der Waals surface area contributed by atoms with E-state index >= 15 is 0 Å². The van der Waals surface area contributed by atoms with Gasteiger partial charge in [0.2, 0.25) is 12.2 Å². The minimum Gasteiger partial charge on any atom is -0.424 e. The van der Waals surface area contributed by atoms with Crippen LogP contribution in [-0.4, -0.2) is 86.9 Å². The quantitative estimate of drug-likeness (QED) is 0.146. The summed E-state index contributed by atoms with van der Waals surface area (Å²) in [7, 11) is 1.34. The molecule has 0 spiro atoms. The lowest BCUT2D eigenvalue weighted by Gasteiger charge is -2.26. The minimum absolute atomic E-state index is 0.0301. The van der Waals surface area contributed by atoms with Gasteiger partial charge in [-0.15, -0.1) is 10.1 Å². The second-order valence-corrected chi connectivity index (χ2v) is 8.48. The molecule has 1 saturated carbocycles. The van der Waals surface area contributed by atoms with E-state index in [1.165, 1.54) is 14.0 Å². The summed E-state index contributed by atoms with van der Waals surface area (Å²) in [6.45, 7) is 5.68. The van der Waals surface area contributed by atoms with Crippen molar-refractivity contribution in [2.24, 2.45) is 5.92 Å². The number of benzene rings is 1. The summed E-state index contributed by atoms with van der Waals surface area (Å²) in [6.07, 6.45) is -2.42. The van der Waals surface area contributed by atoms with Gasteiger partial charge in [-0.25, -0.2) is 9.59 Å². The zero-order chi connectivity index (χ0) is 27.4. The molecule has 1 fully saturated rings. The molecular weight excluding hydrogens is 490 g/mol. The molecule has 0 bridgehead atoms. The number of amides is 2. The number of alkyl carbamates (subject to hydrolysis) is 1. The Morgan fingerprint density at radius 2 is 1.84 bits per heavy atom. The van der Waals surface area contributed by atoms with E-state index in [-0.39, 0.29) is 31.6 Å². The SMILES string of the molecule is CCN(CC)C(=O)[C@]1(c2ccccc2)C[C@@H]1CNC(=O)OC(C)OC(=O)COCC(COC)O[N+](=O)[O-]. The Balaban J connectivity index is 1.80. The molecule has 0 heterocycles. The summed E-state index contributed by atoms with van der Waals surface area (Å²) >= 11 is 0. The van der Waals surface area contributed by atoms with Crippen molar-refractivity contribution in [3.63, 3.8) is 0 Å². The van der Waals surface area contributed by atoms with E-state index in [0.717, 1.165) is 5.56 Å². The zero-order valence-corrected chi connectivity index (χ0v) is 21.5. The molecular formula is C24H35N3O10. The average molecular weight is 526 g/mol. The highest BCUT2D eigenvalue weighted by atomic mass is 17.0. The lowest BCUT2D eigenvalue weighted by atomic mass is 9.91. The molecule has 2 unspecified atom stereocenters. The van der Waals surface area contributed by atoms with Crippen LogP contribution in [0.4, 0.5) is 4.79 Å². The second-order valence-electron chi connectivity index (χ2n) is 8.48. The molecule has 37 heavy (non-hydrogen) atoms. The van der Waals surface area contributed by atoms with Crippen molar-refractivity contribution in [1.29, 1.82) is 0 Å². The predicted octanol–water partition coefficient (Wildman–Crippen LogP) is 1.67. The molecule has 0 radical (unpaired) electrons. The van der Waals surface area contributed by atoms with Crippen LogP contribution in [0.2, 0.25) is 0 Å². The third-order valence-electron chi connectivity index (χ3n) is 6.00. The largest absolute Gasteiger partial charge is 0.424 e. The van der Waals surface area contributed by atoms with Gasteiger partial charge in [-0.3, -0.25) is 4.79 Å². The van der Waals surface area contributed by atoms with Crippen LogP contribution in [-0.2, 0) is 38.8 Å². The average Bonchev–Trinajstić information content (AvgIpc) is 3.59. The van der Waals surface area contributed by atoms with E-state index in [4.69, 9.17) is 18.9 Å². The van der Waals surface area contributed by atoms with Gasteiger partial charge in [0.15, 0.2) is 6.10 Å². The molecule has 0 saturated heterocycles. The maximum Gasteiger partial charge on any atom is 0.410 e. The Kier molecular flexibility index (Phi) is 11.5. The number of hydrogen-bond donors (Lipinski definition) is 1. The highest BCUT2D eigenvalue weighted by Crippen LogP contribution is 2.55. The molecule has 1 aromatic carbocycles. The minimum atomic E-state index is -1.21. The van der Waals surface area contributed by atoms with Gasteiger partial charge in [0.1, 0.15) is 6.61 Å². The van der Waals surface area contributed by atoms with Crippen LogP contribution in [0.3, 0.4) is 0 Å². The normalized spacial score (nSPS) is 19.7. The first-order chi connectivity index (χ1) is 17.7. The Labute approximate surface area is 215 Å². The van der Waals surface area contributed by atoms with Crippen molar-refractivity contribution >= 4 is 18.0 Å². The number of hydrogen-bond acceptors (Lipinski definition) is 10. The number of carbonyl (C=O) groups is 3. The van der Waals surface area contributed by atoms with Gasteiger partial charge in [0.05, 0.1) is 18.6 Å². The molecule has 13 heteroatoms. The lowest BCUT2D eigenvalue weighted by Crippen LogP contribution is -2.41. The maximum absolute atomic E-state index is 13.3. The lowest BCUT2D eigenvalue weighted by molar-refractivity contribution is -0.769. The van der Waals surface area contributed by atoms with Gasteiger partial charge >= 0.3 is 12.1 Å². The fourth-order valence-electron chi connectivity index (χ4n) is 4.18. The number of rotatable bonds is 16. The van der Waals surface area contributed by atoms with Gasteiger partial charge < -0.3 is 34.0 Å². The summed E-state index contributed by atoms with van der Waals surface area (Å²) in [5, 5.41) is 12.1. The molecule has 0 aliphatic heterocycles. The smallest absolute Gasteiger partial charge is 0.410 e. The number of carbonyl (C=O) groups excluding carboxylic acids is 3. The van der Waals surface area contributed by atoms with Crippen molar-refractivity contribution < 1.29 is 43.3 Å². The molecule has 1 aliphatic rings. The first-order valence-electron chi connectivity index (χ1n) is 12.0. The van der Waals surface area contributed by atoms with E-state index in [1.54, 1.807) is 4.90 Å². The summed E-state index contributed by atoms with van der Waals surface area (Å²) in [5.41, 5.74) is 0.209. The highest BCUT2D eigenvalue weighted by molar-refractivity contribution is 5.92. The van der Waals surface area contributed by atoms with Crippen LogP contribution in [0.15, 0.2) is 30.3 Å².